The number of amides is 1. The Labute approximate surface area is 229 Å². The minimum atomic E-state index is -0.0575. The first-order valence-corrected chi connectivity index (χ1v) is 14.2. The maximum Gasteiger partial charge on any atom is 0.215 e. The minimum absolute atomic E-state index is 0.0575. The molecular formula is C30H38N6OS. The topological polar surface area (TPSA) is 109 Å². The summed E-state index contributed by atoms with van der Waals surface area (Å²) in [5, 5.41) is 6.06. The molecule has 1 saturated carbocycles. The van der Waals surface area contributed by atoms with Gasteiger partial charge in [0.15, 0.2) is 5.84 Å². The van der Waals surface area contributed by atoms with E-state index >= 15 is 0 Å². The van der Waals surface area contributed by atoms with E-state index in [1.165, 1.54) is 17.7 Å². The average molecular weight is 531 g/mol. The van der Waals surface area contributed by atoms with Gasteiger partial charge in [-0.05, 0) is 72.0 Å². The molecule has 38 heavy (non-hydrogen) atoms. The van der Waals surface area contributed by atoms with Crippen molar-refractivity contribution in [3.05, 3.63) is 71.1 Å². The van der Waals surface area contributed by atoms with Crippen molar-refractivity contribution in [3.63, 3.8) is 0 Å². The molecule has 0 saturated heterocycles. The lowest BCUT2D eigenvalue weighted by Gasteiger charge is -2.26. The van der Waals surface area contributed by atoms with Gasteiger partial charge in [-0.1, -0.05) is 62.6 Å². The summed E-state index contributed by atoms with van der Waals surface area (Å²) >= 11 is 1.69. The Morgan fingerprint density at radius 1 is 1.13 bits per heavy atom. The number of nitrogens with two attached hydrogens (primary N) is 2. The highest BCUT2D eigenvalue weighted by molar-refractivity contribution is 7.13. The van der Waals surface area contributed by atoms with Crippen molar-refractivity contribution in [1.82, 2.24) is 10.4 Å². The summed E-state index contributed by atoms with van der Waals surface area (Å²) in [6.07, 6.45) is 8.41. The third kappa shape index (κ3) is 6.68. The van der Waals surface area contributed by atoms with E-state index < -0.39 is 0 Å². The molecule has 0 unspecified atom stereocenters. The Morgan fingerprint density at radius 2 is 1.87 bits per heavy atom. The number of thiophene rings is 1. The van der Waals surface area contributed by atoms with Gasteiger partial charge < -0.3 is 5.73 Å². The Balaban J connectivity index is 1.62. The monoisotopic (exact) mass is 530 g/mol. The van der Waals surface area contributed by atoms with Gasteiger partial charge in [0.25, 0.3) is 0 Å². The van der Waals surface area contributed by atoms with Gasteiger partial charge in [-0.3, -0.25) is 14.7 Å². The smallest absolute Gasteiger partial charge is 0.215 e. The van der Waals surface area contributed by atoms with Gasteiger partial charge in [0.2, 0.25) is 6.41 Å². The van der Waals surface area contributed by atoms with E-state index in [-0.39, 0.29) is 5.54 Å². The van der Waals surface area contributed by atoms with Gasteiger partial charge in [0, 0.05) is 16.9 Å². The predicted molar refractivity (Wildman–Crippen MR) is 159 cm³/mol. The molecular weight excluding hydrogens is 492 g/mol. The molecule has 1 aliphatic rings. The van der Waals surface area contributed by atoms with Crippen LogP contribution in [0.5, 0.6) is 0 Å². The van der Waals surface area contributed by atoms with E-state index in [0.717, 1.165) is 72.2 Å². The van der Waals surface area contributed by atoms with Crippen LogP contribution in [0, 0.1) is 0 Å². The SMILES string of the molecule is CCCCC(=NC1(C)CCCC1)N(C=O)Cc1ccc(-c2cc(-c3cccs3)ccc2/C(N)=N/NN)cc1. The highest BCUT2D eigenvalue weighted by Gasteiger charge is 2.29. The lowest BCUT2D eigenvalue weighted by atomic mass is 9.95. The van der Waals surface area contributed by atoms with Gasteiger partial charge in [-0.25, -0.2) is 11.4 Å². The van der Waals surface area contributed by atoms with Crippen LogP contribution >= 0.6 is 11.3 Å². The van der Waals surface area contributed by atoms with Gasteiger partial charge in [-0.15, -0.1) is 16.4 Å². The summed E-state index contributed by atoms with van der Waals surface area (Å²) in [5.41, 5.74) is 13.4. The van der Waals surface area contributed by atoms with Gasteiger partial charge in [0.05, 0.1) is 12.1 Å². The average Bonchev–Trinajstić information content (AvgIpc) is 3.62. The summed E-state index contributed by atoms with van der Waals surface area (Å²) in [5.74, 6) is 6.61. The number of amidine groups is 2. The number of hydrazone groups is 1. The van der Waals surface area contributed by atoms with Crippen LogP contribution in [0.1, 0.15) is 69.9 Å². The molecule has 0 spiro atoms. The molecule has 0 radical (unpaired) electrons. The Kier molecular flexibility index (Phi) is 9.31. The first kappa shape index (κ1) is 27.5. The van der Waals surface area contributed by atoms with Crippen molar-refractivity contribution in [2.24, 2.45) is 21.7 Å². The van der Waals surface area contributed by atoms with Gasteiger partial charge in [0.1, 0.15) is 5.84 Å². The number of carbonyl (C=O) groups excluding carboxylic acids is 1. The molecule has 5 N–H and O–H groups in total. The third-order valence-electron chi connectivity index (χ3n) is 7.20. The highest BCUT2D eigenvalue weighted by Crippen LogP contribution is 2.34. The quantitative estimate of drug-likeness (QED) is 0.0922. The highest BCUT2D eigenvalue weighted by atomic mass is 32.1. The number of benzene rings is 2. The number of nitrogens with one attached hydrogen (secondary N) is 1. The molecule has 1 aliphatic carbocycles. The Hall–Kier alpha value is -3.49. The molecule has 1 heterocycles. The summed E-state index contributed by atoms with van der Waals surface area (Å²) in [7, 11) is 0. The number of rotatable bonds is 11. The Morgan fingerprint density at radius 3 is 2.50 bits per heavy atom. The molecule has 7 nitrogen and oxygen atoms in total. The van der Waals surface area contributed by atoms with Crippen LogP contribution in [0.3, 0.4) is 0 Å². The second kappa shape index (κ2) is 12.8. The number of hydrazine groups is 1. The van der Waals surface area contributed by atoms with Crippen molar-refractivity contribution >= 4 is 29.4 Å². The first-order chi connectivity index (χ1) is 18.5. The van der Waals surface area contributed by atoms with Crippen LogP contribution in [-0.2, 0) is 11.3 Å². The second-order valence-corrected chi connectivity index (χ2v) is 11.1. The molecule has 1 amide bonds. The number of unbranched alkanes of at least 4 members (excludes halogenated alkanes) is 1. The van der Waals surface area contributed by atoms with E-state index in [1.54, 1.807) is 16.2 Å². The summed E-state index contributed by atoms with van der Waals surface area (Å²) in [4.78, 5) is 20.3. The van der Waals surface area contributed by atoms with E-state index in [2.05, 4.69) is 66.3 Å². The lowest BCUT2D eigenvalue weighted by molar-refractivity contribution is -0.115. The summed E-state index contributed by atoms with van der Waals surface area (Å²) in [6.45, 7) is 4.88. The molecule has 8 heteroatoms. The van der Waals surface area contributed by atoms with Crippen molar-refractivity contribution in [2.45, 2.75) is 70.9 Å². The largest absolute Gasteiger partial charge is 0.382 e. The first-order valence-electron chi connectivity index (χ1n) is 13.3. The van der Waals surface area contributed by atoms with Crippen LogP contribution in [0.25, 0.3) is 21.6 Å². The fraction of sp³-hybridized carbons (Fsp3) is 0.367. The predicted octanol–water partition coefficient (Wildman–Crippen LogP) is 6.05. The van der Waals surface area contributed by atoms with Crippen LogP contribution in [0.15, 0.2) is 70.1 Å². The normalized spacial score (nSPS) is 15.4. The van der Waals surface area contributed by atoms with E-state index in [0.29, 0.717) is 12.4 Å². The molecule has 0 bridgehead atoms. The number of aliphatic imine (C=N–C) groups is 1. The van der Waals surface area contributed by atoms with E-state index in [4.69, 9.17) is 16.6 Å². The maximum absolute atomic E-state index is 12.2. The Bertz CT molecular complexity index is 1260. The van der Waals surface area contributed by atoms with E-state index in [9.17, 15) is 4.79 Å². The molecule has 4 rings (SSSR count). The van der Waals surface area contributed by atoms with Crippen molar-refractivity contribution in [2.75, 3.05) is 0 Å². The second-order valence-electron chi connectivity index (χ2n) is 10.1. The van der Waals surface area contributed by atoms with Crippen LogP contribution in [-0.4, -0.2) is 28.5 Å². The molecule has 1 aromatic heterocycles. The molecule has 2 aromatic carbocycles. The molecule has 1 fully saturated rings. The molecule has 3 aromatic rings. The molecule has 0 aliphatic heterocycles. The zero-order valence-electron chi connectivity index (χ0n) is 22.3. The zero-order chi connectivity index (χ0) is 27.0. The maximum atomic E-state index is 12.2. The number of hydrogen-bond donors (Lipinski definition) is 3. The van der Waals surface area contributed by atoms with Crippen LogP contribution in [0.2, 0.25) is 0 Å². The standard InChI is InChI=1S/C30H38N6OS/c1-3-4-9-28(33-30(2)16-5-6-17-30)36(21-37)20-22-10-12-23(13-11-22)26-19-24(27-8-7-18-38-27)14-15-25(26)29(31)34-35-32/h7-8,10-15,18-19,21,35H,3-6,9,16-17,20,32H2,1-2H3,(H2,31,34). The summed E-state index contributed by atoms with van der Waals surface area (Å²) < 4.78 is 0. The number of hydrogen-bond acceptors (Lipinski definition) is 6. The van der Waals surface area contributed by atoms with Crippen molar-refractivity contribution < 1.29 is 4.79 Å². The van der Waals surface area contributed by atoms with Gasteiger partial charge >= 0.3 is 0 Å². The van der Waals surface area contributed by atoms with E-state index in [1.807, 2.05) is 18.2 Å². The number of nitrogens with zero attached hydrogens (tertiary/aromatic N) is 3. The zero-order valence-corrected chi connectivity index (χ0v) is 23.1. The summed E-state index contributed by atoms with van der Waals surface area (Å²) in [6, 6.07) is 18.6. The molecule has 200 valence electrons. The minimum Gasteiger partial charge on any atom is -0.382 e. The van der Waals surface area contributed by atoms with Crippen LogP contribution < -0.4 is 17.1 Å². The van der Waals surface area contributed by atoms with Crippen molar-refractivity contribution in [1.29, 1.82) is 0 Å². The van der Waals surface area contributed by atoms with Crippen LogP contribution in [0.4, 0.5) is 0 Å². The fourth-order valence-electron chi connectivity index (χ4n) is 5.07. The third-order valence-corrected chi connectivity index (χ3v) is 8.12. The van der Waals surface area contributed by atoms with Crippen molar-refractivity contribution in [3.8, 4) is 21.6 Å². The van der Waals surface area contributed by atoms with Gasteiger partial charge in [-0.2, -0.15) is 0 Å². The fourth-order valence-corrected chi connectivity index (χ4v) is 5.79. The number of carbonyl (C=O) groups is 1. The molecule has 0 atom stereocenters. The lowest BCUT2D eigenvalue weighted by Crippen LogP contribution is -2.32.